The Bertz CT molecular complexity index is 786. The second-order valence-corrected chi connectivity index (χ2v) is 5.07. The maximum atomic E-state index is 6.42. The van der Waals surface area contributed by atoms with Crippen molar-refractivity contribution in [2.75, 3.05) is 7.11 Å². The van der Waals surface area contributed by atoms with Crippen LogP contribution in [0.5, 0.6) is 5.75 Å². The van der Waals surface area contributed by atoms with Crippen molar-refractivity contribution in [1.82, 2.24) is 9.97 Å². The molecule has 0 radical (unpaired) electrons. The van der Waals surface area contributed by atoms with Gasteiger partial charge in [-0.05, 0) is 24.3 Å². The van der Waals surface area contributed by atoms with Crippen molar-refractivity contribution in [2.45, 2.75) is 6.04 Å². The van der Waals surface area contributed by atoms with Crippen LogP contribution in [0.25, 0.3) is 11.0 Å². The van der Waals surface area contributed by atoms with Crippen LogP contribution in [-0.4, -0.2) is 17.1 Å². The third kappa shape index (κ3) is 2.55. The maximum absolute atomic E-state index is 6.42. The van der Waals surface area contributed by atoms with Gasteiger partial charge in [-0.3, -0.25) is 9.97 Å². The number of hydrogen-bond acceptors (Lipinski definition) is 4. The van der Waals surface area contributed by atoms with Crippen molar-refractivity contribution < 1.29 is 4.74 Å². The minimum Gasteiger partial charge on any atom is -0.496 e. The summed E-state index contributed by atoms with van der Waals surface area (Å²) >= 11 is 6.08. The van der Waals surface area contributed by atoms with Crippen LogP contribution in [0.2, 0.25) is 5.02 Å². The first-order chi connectivity index (χ1) is 10.2. The molecule has 5 heteroatoms. The highest BCUT2D eigenvalue weighted by molar-refractivity contribution is 6.30. The maximum Gasteiger partial charge on any atom is 0.124 e. The summed E-state index contributed by atoms with van der Waals surface area (Å²) in [6.45, 7) is 0. The summed E-state index contributed by atoms with van der Waals surface area (Å²) in [6.07, 6.45) is 3.32. The number of rotatable bonds is 3. The molecule has 0 aliphatic rings. The highest BCUT2D eigenvalue weighted by Gasteiger charge is 2.17. The average molecular weight is 300 g/mol. The van der Waals surface area contributed by atoms with E-state index in [4.69, 9.17) is 22.1 Å². The number of methoxy groups -OCH3 is 1. The van der Waals surface area contributed by atoms with Crippen molar-refractivity contribution in [3.05, 3.63) is 64.9 Å². The van der Waals surface area contributed by atoms with Crippen molar-refractivity contribution in [3.8, 4) is 5.75 Å². The Hall–Kier alpha value is -2.17. The Kier molecular flexibility index (Phi) is 3.73. The molecule has 0 bridgehead atoms. The van der Waals surface area contributed by atoms with Gasteiger partial charge in [-0.25, -0.2) is 0 Å². The van der Waals surface area contributed by atoms with Gasteiger partial charge >= 0.3 is 0 Å². The quantitative estimate of drug-likeness (QED) is 0.806. The molecule has 0 spiro atoms. The highest BCUT2D eigenvalue weighted by Crippen LogP contribution is 2.32. The number of aromatic nitrogens is 2. The number of para-hydroxylation sites is 1. The molecule has 0 aliphatic carbocycles. The topological polar surface area (TPSA) is 61.0 Å². The Morgan fingerprint density at radius 2 is 1.90 bits per heavy atom. The Morgan fingerprint density at radius 3 is 2.71 bits per heavy atom. The summed E-state index contributed by atoms with van der Waals surface area (Å²) in [7, 11) is 1.61. The lowest BCUT2D eigenvalue weighted by atomic mass is 9.97. The van der Waals surface area contributed by atoms with Crippen LogP contribution in [0, 0.1) is 0 Å². The van der Waals surface area contributed by atoms with Gasteiger partial charge in [0.05, 0.1) is 24.2 Å². The van der Waals surface area contributed by atoms with Crippen LogP contribution in [0.15, 0.2) is 48.8 Å². The lowest BCUT2D eigenvalue weighted by Crippen LogP contribution is -2.14. The van der Waals surface area contributed by atoms with E-state index in [0.29, 0.717) is 10.8 Å². The van der Waals surface area contributed by atoms with Crippen molar-refractivity contribution in [2.24, 2.45) is 5.73 Å². The number of nitrogens with two attached hydrogens (primary N) is 1. The molecule has 1 heterocycles. The Balaban J connectivity index is 2.17. The number of ether oxygens (including phenoxy) is 1. The molecule has 4 nitrogen and oxygen atoms in total. The number of benzene rings is 2. The van der Waals surface area contributed by atoms with E-state index in [2.05, 4.69) is 9.97 Å². The number of fused-ring (bicyclic) bond motifs is 1. The summed E-state index contributed by atoms with van der Waals surface area (Å²) in [5, 5.41) is 0.618. The molecule has 0 aliphatic heterocycles. The van der Waals surface area contributed by atoms with Gasteiger partial charge in [0.1, 0.15) is 5.75 Å². The van der Waals surface area contributed by atoms with E-state index in [1.165, 1.54) is 0 Å². The molecular formula is C16H14ClN3O. The predicted octanol–water partition coefficient (Wildman–Crippen LogP) is 3.34. The molecule has 2 N–H and O–H groups in total. The van der Waals surface area contributed by atoms with E-state index in [1.807, 2.05) is 30.3 Å². The van der Waals surface area contributed by atoms with Crippen molar-refractivity contribution >= 4 is 22.6 Å². The lowest BCUT2D eigenvalue weighted by molar-refractivity contribution is 0.408. The van der Waals surface area contributed by atoms with Crippen LogP contribution in [0.3, 0.4) is 0 Å². The number of nitrogens with zero attached hydrogens (tertiary/aromatic N) is 2. The Morgan fingerprint density at radius 1 is 1.10 bits per heavy atom. The minimum absolute atomic E-state index is 0.390. The van der Waals surface area contributed by atoms with Crippen LogP contribution in [0.4, 0.5) is 0 Å². The van der Waals surface area contributed by atoms with E-state index in [1.54, 1.807) is 25.6 Å². The molecule has 3 rings (SSSR count). The van der Waals surface area contributed by atoms with Crippen LogP contribution < -0.4 is 10.5 Å². The summed E-state index contributed by atoms with van der Waals surface area (Å²) in [5.74, 6) is 0.702. The van der Waals surface area contributed by atoms with Crippen molar-refractivity contribution in [1.29, 1.82) is 0 Å². The van der Waals surface area contributed by atoms with Gasteiger partial charge in [-0.1, -0.05) is 23.7 Å². The summed E-state index contributed by atoms with van der Waals surface area (Å²) in [5.41, 5.74) is 9.73. The van der Waals surface area contributed by atoms with Gasteiger partial charge in [0.15, 0.2) is 0 Å². The second-order valence-electron chi connectivity index (χ2n) is 4.64. The zero-order valence-electron chi connectivity index (χ0n) is 11.5. The largest absolute Gasteiger partial charge is 0.496 e. The molecule has 21 heavy (non-hydrogen) atoms. The average Bonchev–Trinajstić information content (AvgIpc) is 2.53. The van der Waals surface area contributed by atoms with Crippen LogP contribution in [-0.2, 0) is 0 Å². The zero-order valence-corrected chi connectivity index (χ0v) is 12.2. The smallest absolute Gasteiger partial charge is 0.124 e. The fourth-order valence-corrected chi connectivity index (χ4v) is 2.56. The molecule has 3 aromatic rings. The first kappa shape index (κ1) is 13.8. The molecule has 1 aromatic heterocycles. The molecule has 0 fully saturated rings. The zero-order chi connectivity index (χ0) is 14.8. The standard InChI is InChI=1S/C16H14ClN3O/c1-21-14-6-5-10(17)9-12(14)15(18)11-3-2-4-13-16(11)20-8-7-19-13/h2-9,15H,18H2,1H3. The second kappa shape index (κ2) is 5.68. The third-order valence-corrected chi connectivity index (χ3v) is 3.63. The fourth-order valence-electron chi connectivity index (χ4n) is 2.38. The third-order valence-electron chi connectivity index (χ3n) is 3.39. The lowest BCUT2D eigenvalue weighted by Gasteiger charge is -2.17. The molecule has 2 aromatic carbocycles. The van der Waals surface area contributed by atoms with Crippen LogP contribution in [0.1, 0.15) is 17.2 Å². The van der Waals surface area contributed by atoms with Gasteiger partial charge in [-0.15, -0.1) is 0 Å². The van der Waals surface area contributed by atoms with Gasteiger partial charge in [0.25, 0.3) is 0 Å². The van der Waals surface area contributed by atoms with Crippen LogP contribution >= 0.6 is 11.6 Å². The van der Waals surface area contributed by atoms with E-state index < -0.39 is 0 Å². The van der Waals surface area contributed by atoms with E-state index in [-0.39, 0.29) is 6.04 Å². The minimum atomic E-state index is -0.390. The molecule has 1 atom stereocenters. The Labute approximate surface area is 127 Å². The molecular weight excluding hydrogens is 286 g/mol. The SMILES string of the molecule is COc1ccc(Cl)cc1C(N)c1cccc2nccnc12. The molecule has 0 amide bonds. The number of halogens is 1. The molecule has 106 valence electrons. The predicted molar refractivity (Wildman–Crippen MR) is 83.6 cm³/mol. The van der Waals surface area contributed by atoms with Gasteiger partial charge < -0.3 is 10.5 Å². The first-order valence-corrected chi connectivity index (χ1v) is 6.87. The molecule has 1 unspecified atom stereocenters. The van der Waals surface area contributed by atoms with E-state index >= 15 is 0 Å². The normalized spacial score (nSPS) is 12.3. The van der Waals surface area contributed by atoms with E-state index in [0.717, 1.165) is 22.2 Å². The first-order valence-electron chi connectivity index (χ1n) is 6.49. The van der Waals surface area contributed by atoms with Gasteiger partial charge in [0.2, 0.25) is 0 Å². The summed E-state index contributed by atoms with van der Waals surface area (Å²) in [4.78, 5) is 8.69. The monoisotopic (exact) mass is 299 g/mol. The van der Waals surface area contributed by atoms with E-state index in [9.17, 15) is 0 Å². The molecule has 0 saturated heterocycles. The summed E-state index contributed by atoms with van der Waals surface area (Å²) < 4.78 is 5.38. The summed E-state index contributed by atoms with van der Waals surface area (Å²) in [6, 6.07) is 10.8. The number of hydrogen-bond donors (Lipinski definition) is 1. The van der Waals surface area contributed by atoms with Crippen molar-refractivity contribution in [3.63, 3.8) is 0 Å². The van der Waals surface area contributed by atoms with Gasteiger partial charge in [0, 0.05) is 28.5 Å². The molecule has 0 saturated carbocycles. The highest BCUT2D eigenvalue weighted by atomic mass is 35.5. The van der Waals surface area contributed by atoms with Gasteiger partial charge in [-0.2, -0.15) is 0 Å². The fraction of sp³-hybridized carbons (Fsp3) is 0.125.